The number of halogens is 1. The summed E-state index contributed by atoms with van der Waals surface area (Å²) in [4.78, 5) is 0. The van der Waals surface area contributed by atoms with Crippen LogP contribution in [0.2, 0.25) is 0 Å². The average molecular weight is 293 g/mol. The van der Waals surface area contributed by atoms with Crippen LogP contribution in [-0.2, 0) is 0 Å². The van der Waals surface area contributed by atoms with E-state index >= 15 is 0 Å². The van der Waals surface area contributed by atoms with Crippen molar-refractivity contribution in [2.45, 2.75) is 62.3 Å². The molecule has 20 heavy (non-hydrogen) atoms. The van der Waals surface area contributed by atoms with Crippen molar-refractivity contribution >= 4 is 0 Å². The van der Waals surface area contributed by atoms with Crippen molar-refractivity contribution in [1.29, 1.82) is 0 Å². The molecule has 0 fully saturated rings. The molecule has 0 aromatic heterocycles. The first-order valence-electron chi connectivity index (χ1n) is 7.50. The van der Waals surface area contributed by atoms with Crippen LogP contribution in [-0.4, -0.2) is 38.2 Å². The molecule has 0 saturated carbocycles. The van der Waals surface area contributed by atoms with Gasteiger partial charge in [0.05, 0.1) is 27.2 Å². The molecule has 0 radical (unpaired) electrons. The van der Waals surface area contributed by atoms with Gasteiger partial charge in [-0.1, -0.05) is 62.3 Å². The quantitative estimate of drug-likeness (QED) is 0.759. The Morgan fingerprint density at radius 3 is 0.950 bits per heavy atom. The van der Waals surface area contributed by atoms with E-state index in [2.05, 4.69) is 76.4 Å². The molecule has 0 aliphatic rings. The number of nitrogens with two attached hydrogens (primary N) is 1. The molecule has 0 unspecified atom stereocenters. The average Bonchev–Trinajstić information content (AvgIpc) is 1.93. The monoisotopic (exact) mass is 292 g/mol. The van der Waals surface area contributed by atoms with Crippen molar-refractivity contribution in [3.63, 3.8) is 0 Å². The van der Waals surface area contributed by atoms with Crippen molar-refractivity contribution in [3.8, 4) is 0 Å². The van der Waals surface area contributed by atoms with Gasteiger partial charge in [-0.3, -0.25) is 0 Å². The van der Waals surface area contributed by atoms with Crippen LogP contribution >= 0.6 is 0 Å². The van der Waals surface area contributed by atoms with E-state index in [4.69, 9.17) is 5.73 Å². The van der Waals surface area contributed by atoms with Gasteiger partial charge in [0, 0.05) is 10.8 Å². The Hall–Kier alpha value is -0.150. The maximum atomic E-state index is 5.31. The van der Waals surface area contributed by atoms with E-state index < -0.39 is 0 Å². The second kappa shape index (κ2) is 8.33. The Bertz CT molecular complexity index is 221. The van der Waals surface area contributed by atoms with Crippen LogP contribution in [0.4, 0.5) is 0 Å². The second-order valence-corrected chi connectivity index (χ2v) is 10.1. The standard InChI is InChI=1S/C12H28N.C5H13N.FH/c1-11(2,3)9-13(7,8)10-12(4,5)6;1-5(2,3)4-6;/h9-10H2,1-8H3;4,6H2,1-3H3;1H/q+1;;/p-1. The van der Waals surface area contributed by atoms with E-state index in [1.807, 2.05) is 0 Å². The fourth-order valence-corrected chi connectivity index (χ4v) is 2.62. The predicted molar refractivity (Wildman–Crippen MR) is 89.3 cm³/mol. The topological polar surface area (TPSA) is 26.0 Å². The smallest absolute Gasteiger partial charge is 0.0831 e. The molecule has 0 rings (SSSR count). The van der Waals surface area contributed by atoms with Crippen LogP contribution in [0.5, 0.6) is 0 Å². The Morgan fingerprint density at radius 1 is 0.650 bits per heavy atom. The van der Waals surface area contributed by atoms with Gasteiger partial charge in [-0.2, -0.15) is 0 Å². The molecule has 0 aromatic rings. The Labute approximate surface area is 128 Å². The zero-order valence-corrected chi connectivity index (χ0v) is 16.0. The molecule has 126 valence electrons. The highest BCUT2D eigenvalue weighted by molar-refractivity contribution is 4.64. The molecule has 0 bridgehead atoms. The largest absolute Gasteiger partial charge is 1.00 e. The summed E-state index contributed by atoms with van der Waals surface area (Å²) in [5.41, 5.74) is 6.48. The normalized spacial score (nSPS) is 13.2. The fraction of sp³-hybridized carbons (Fsp3) is 1.00. The second-order valence-electron chi connectivity index (χ2n) is 10.1. The van der Waals surface area contributed by atoms with Gasteiger partial charge in [-0.15, -0.1) is 0 Å². The van der Waals surface area contributed by atoms with Crippen molar-refractivity contribution in [1.82, 2.24) is 0 Å². The SMILES string of the molecule is CC(C)(C)CN.CC(C)(C)C[N+](C)(C)CC(C)(C)C.[F-]. The summed E-state index contributed by atoms with van der Waals surface area (Å²) in [5.74, 6) is 0. The molecule has 0 aliphatic heterocycles. The molecular formula is C17H41FN2. The van der Waals surface area contributed by atoms with Crippen LogP contribution in [0.15, 0.2) is 0 Å². The first-order chi connectivity index (χ1) is 7.97. The summed E-state index contributed by atoms with van der Waals surface area (Å²) < 4.78 is 1.12. The highest BCUT2D eigenvalue weighted by atomic mass is 19.0. The van der Waals surface area contributed by atoms with Crippen LogP contribution in [0.25, 0.3) is 0 Å². The third kappa shape index (κ3) is 23.0. The van der Waals surface area contributed by atoms with Crippen molar-refractivity contribution in [2.75, 3.05) is 33.7 Å². The molecular weight excluding hydrogens is 251 g/mol. The highest BCUT2D eigenvalue weighted by Crippen LogP contribution is 2.23. The van der Waals surface area contributed by atoms with E-state index in [0.29, 0.717) is 16.2 Å². The van der Waals surface area contributed by atoms with Crippen molar-refractivity contribution in [2.24, 2.45) is 22.0 Å². The third-order valence-corrected chi connectivity index (χ3v) is 2.42. The fourth-order valence-electron chi connectivity index (χ4n) is 2.62. The molecule has 0 aliphatic carbocycles. The molecule has 2 N–H and O–H groups in total. The number of rotatable bonds is 2. The lowest BCUT2D eigenvalue weighted by Crippen LogP contribution is -3.00. The van der Waals surface area contributed by atoms with Crippen LogP contribution < -0.4 is 10.4 Å². The zero-order valence-electron chi connectivity index (χ0n) is 16.0. The van der Waals surface area contributed by atoms with E-state index in [-0.39, 0.29) is 4.70 Å². The minimum absolute atomic E-state index is 0. The first-order valence-corrected chi connectivity index (χ1v) is 7.50. The lowest BCUT2D eigenvalue weighted by Gasteiger charge is -2.39. The molecule has 0 saturated heterocycles. The van der Waals surface area contributed by atoms with Gasteiger partial charge in [0.1, 0.15) is 0 Å². The van der Waals surface area contributed by atoms with Crippen LogP contribution in [0.1, 0.15) is 62.3 Å². The number of quaternary nitrogens is 1. The summed E-state index contributed by atoms with van der Waals surface area (Å²) in [7, 11) is 4.66. The third-order valence-electron chi connectivity index (χ3n) is 2.42. The molecule has 0 amide bonds. The van der Waals surface area contributed by atoms with Gasteiger partial charge in [0.2, 0.25) is 0 Å². The molecule has 0 atom stereocenters. The van der Waals surface area contributed by atoms with Gasteiger partial charge >= 0.3 is 0 Å². The molecule has 2 nitrogen and oxygen atoms in total. The van der Waals surface area contributed by atoms with Crippen LogP contribution in [0, 0.1) is 16.2 Å². The van der Waals surface area contributed by atoms with E-state index in [9.17, 15) is 0 Å². The van der Waals surface area contributed by atoms with E-state index in [0.717, 1.165) is 11.0 Å². The lowest BCUT2D eigenvalue weighted by molar-refractivity contribution is -0.902. The van der Waals surface area contributed by atoms with Gasteiger partial charge in [-0.05, 0) is 12.0 Å². The summed E-state index contributed by atoms with van der Waals surface area (Å²) in [6, 6.07) is 0. The minimum Gasteiger partial charge on any atom is -1.00 e. The van der Waals surface area contributed by atoms with Gasteiger partial charge in [0.15, 0.2) is 0 Å². The zero-order chi connectivity index (χ0) is 16.1. The number of nitrogens with zero attached hydrogens (tertiary/aromatic N) is 1. The lowest BCUT2D eigenvalue weighted by atomic mass is 9.91. The van der Waals surface area contributed by atoms with Gasteiger partial charge in [0.25, 0.3) is 0 Å². The highest BCUT2D eigenvalue weighted by Gasteiger charge is 2.29. The van der Waals surface area contributed by atoms with E-state index in [1.54, 1.807) is 0 Å². The van der Waals surface area contributed by atoms with Gasteiger partial charge < -0.3 is 14.9 Å². The summed E-state index contributed by atoms with van der Waals surface area (Å²) in [6.07, 6.45) is 0. The summed E-state index contributed by atoms with van der Waals surface area (Å²) in [6.45, 7) is 23.5. The van der Waals surface area contributed by atoms with Crippen molar-refractivity contribution in [3.05, 3.63) is 0 Å². The summed E-state index contributed by atoms with van der Waals surface area (Å²) in [5, 5.41) is 0. The maximum Gasteiger partial charge on any atom is 0.0831 e. The van der Waals surface area contributed by atoms with Crippen LogP contribution in [0.3, 0.4) is 0 Å². The predicted octanol–water partition coefficient (Wildman–Crippen LogP) is 1.15. The maximum absolute atomic E-state index is 5.31. The summed E-state index contributed by atoms with van der Waals surface area (Å²) >= 11 is 0. The first kappa shape index (κ1) is 24.8. The van der Waals surface area contributed by atoms with Crippen molar-refractivity contribution < 1.29 is 9.19 Å². The minimum atomic E-state index is 0. The Kier molecular flexibility index (Phi) is 10.3. The molecule has 0 aromatic carbocycles. The molecule has 0 heterocycles. The van der Waals surface area contributed by atoms with Gasteiger partial charge in [-0.25, -0.2) is 0 Å². The molecule has 0 spiro atoms. The Balaban J connectivity index is -0.000000352. The number of hydrogen-bond donors (Lipinski definition) is 1. The molecule has 3 heteroatoms. The number of hydrogen-bond acceptors (Lipinski definition) is 1. The van der Waals surface area contributed by atoms with E-state index in [1.165, 1.54) is 13.1 Å². The Morgan fingerprint density at radius 2 is 0.850 bits per heavy atom.